The molecule has 17 heavy (non-hydrogen) atoms. The van der Waals surface area contributed by atoms with Gasteiger partial charge in [0.25, 0.3) is 0 Å². The Labute approximate surface area is 102 Å². The van der Waals surface area contributed by atoms with Crippen molar-refractivity contribution in [2.75, 3.05) is 6.54 Å². The quantitative estimate of drug-likeness (QED) is 0.695. The molecule has 1 atom stereocenters. The van der Waals surface area contributed by atoms with Gasteiger partial charge in [0.2, 0.25) is 0 Å². The molecule has 0 saturated heterocycles. The minimum atomic E-state index is -0.965. The molecule has 0 aromatic rings. The number of carbonyl (C=O) groups excluding carboxylic acids is 1. The lowest BCUT2D eigenvalue weighted by Crippen LogP contribution is -2.43. The van der Waals surface area contributed by atoms with E-state index in [1.165, 1.54) is 4.90 Å². The van der Waals surface area contributed by atoms with Crippen molar-refractivity contribution in [3.8, 4) is 0 Å². The van der Waals surface area contributed by atoms with Gasteiger partial charge >= 0.3 is 5.97 Å². The zero-order chi connectivity index (χ0) is 13.2. The molecule has 0 saturated carbocycles. The smallest absolute Gasteiger partial charge is 0.326 e. The second-order valence-corrected chi connectivity index (χ2v) is 5.06. The standard InChI is InChI=1S/C12H20N2O3/c1-8-5-6-9(13)11(16)14(8)7-10(15)17-12(2,3)4/h5-6,11,16H,7,13H2,1-4H3. The topological polar surface area (TPSA) is 75.8 Å². The van der Waals surface area contributed by atoms with Crippen LogP contribution < -0.4 is 5.73 Å². The Kier molecular flexibility index (Phi) is 3.83. The predicted octanol–water partition coefficient (Wildman–Crippen LogP) is 0.708. The van der Waals surface area contributed by atoms with Gasteiger partial charge in [0.05, 0.1) is 5.70 Å². The van der Waals surface area contributed by atoms with E-state index in [-0.39, 0.29) is 12.5 Å². The second kappa shape index (κ2) is 4.79. The number of hydrogen-bond acceptors (Lipinski definition) is 5. The monoisotopic (exact) mass is 240 g/mol. The first-order chi connectivity index (χ1) is 7.70. The van der Waals surface area contributed by atoms with Crippen LogP contribution in [-0.2, 0) is 9.53 Å². The van der Waals surface area contributed by atoms with Crippen LogP contribution in [0.15, 0.2) is 23.5 Å². The molecule has 3 N–H and O–H groups in total. The van der Waals surface area contributed by atoms with Gasteiger partial charge in [0.1, 0.15) is 12.1 Å². The van der Waals surface area contributed by atoms with Crippen LogP contribution >= 0.6 is 0 Å². The van der Waals surface area contributed by atoms with Gasteiger partial charge in [0.15, 0.2) is 6.23 Å². The molecule has 0 aliphatic carbocycles. The van der Waals surface area contributed by atoms with Crippen LogP contribution in [0.3, 0.4) is 0 Å². The molecule has 5 nitrogen and oxygen atoms in total. The molecule has 0 aromatic heterocycles. The van der Waals surface area contributed by atoms with Crippen molar-refractivity contribution in [2.45, 2.75) is 39.5 Å². The highest BCUT2D eigenvalue weighted by molar-refractivity contribution is 5.72. The summed E-state index contributed by atoms with van der Waals surface area (Å²) in [4.78, 5) is 13.2. The molecule has 1 rings (SSSR count). The molecule has 0 spiro atoms. The zero-order valence-corrected chi connectivity index (χ0v) is 10.7. The number of hydrogen-bond donors (Lipinski definition) is 2. The van der Waals surface area contributed by atoms with Gasteiger partial charge in [-0.25, -0.2) is 0 Å². The molecule has 0 radical (unpaired) electrons. The van der Waals surface area contributed by atoms with Crippen LogP contribution in [0.2, 0.25) is 0 Å². The molecule has 1 aliphatic heterocycles. The number of aliphatic hydroxyl groups excluding tert-OH is 1. The third-order valence-electron chi connectivity index (χ3n) is 2.28. The molecular formula is C12H20N2O3. The van der Waals surface area contributed by atoms with Gasteiger partial charge in [-0.2, -0.15) is 0 Å². The Balaban J connectivity index is 2.66. The number of aliphatic hydroxyl groups is 1. The first-order valence-corrected chi connectivity index (χ1v) is 5.51. The summed E-state index contributed by atoms with van der Waals surface area (Å²) >= 11 is 0. The SMILES string of the molecule is CC1=CC=C(N)C(O)N1CC(=O)OC(C)(C)C. The van der Waals surface area contributed by atoms with Gasteiger partial charge in [-0.15, -0.1) is 0 Å². The summed E-state index contributed by atoms with van der Waals surface area (Å²) in [5.74, 6) is -0.390. The van der Waals surface area contributed by atoms with Gasteiger partial charge in [0, 0.05) is 5.70 Å². The lowest BCUT2D eigenvalue weighted by molar-refractivity contribution is -0.157. The maximum absolute atomic E-state index is 11.7. The molecule has 0 bridgehead atoms. The summed E-state index contributed by atoms with van der Waals surface area (Å²) in [7, 11) is 0. The van der Waals surface area contributed by atoms with Crippen molar-refractivity contribution in [3.63, 3.8) is 0 Å². The van der Waals surface area contributed by atoms with Gasteiger partial charge < -0.3 is 20.5 Å². The normalized spacial score (nSPS) is 20.8. The Hall–Kier alpha value is -1.49. The highest BCUT2D eigenvalue weighted by atomic mass is 16.6. The van der Waals surface area contributed by atoms with E-state index in [9.17, 15) is 9.90 Å². The maximum Gasteiger partial charge on any atom is 0.326 e. The van der Waals surface area contributed by atoms with Crippen molar-refractivity contribution in [1.29, 1.82) is 0 Å². The fourth-order valence-corrected chi connectivity index (χ4v) is 1.50. The van der Waals surface area contributed by atoms with E-state index >= 15 is 0 Å². The van der Waals surface area contributed by atoms with E-state index in [2.05, 4.69) is 0 Å². The zero-order valence-electron chi connectivity index (χ0n) is 10.7. The Morgan fingerprint density at radius 1 is 1.53 bits per heavy atom. The lowest BCUT2D eigenvalue weighted by Gasteiger charge is -2.33. The summed E-state index contributed by atoms with van der Waals surface area (Å²) in [6.07, 6.45) is 2.42. The van der Waals surface area contributed by atoms with Crippen LogP contribution in [-0.4, -0.2) is 34.3 Å². The average molecular weight is 240 g/mol. The molecule has 0 aromatic carbocycles. The molecule has 0 amide bonds. The predicted molar refractivity (Wildman–Crippen MR) is 64.6 cm³/mol. The number of nitrogens with two attached hydrogens (primary N) is 1. The fraction of sp³-hybridized carbons (Fsp3) is 0.583. The van der Waals surface area contributed by atoms with Crippen LogP contribution in [0, 0.1) is 0 Å². The largest absolute Gasteiger partial charge is 0.459 e. The van der Waals surface area contributed by atoms with Crippen molar-refractivity contribution >= 4 is 5.97 Å². The van der Waals surface area contributed by atoms with E-state index in [1.807, 2.05) is 0 Å². The lowest BCUT2D eigenvalue weighted by atomic mass is 10.2. The Morgan fingerprint density at radius 3 is 2.65 bits per heavy atom. The molecule has 1 aliphatic rings. The molecule has 0 fully saturated rings. The molecule has 1 unspecified atom stereocenters. The number of allylic oxidation sites excluding steroid dienone is 3. The number of ether oxygens (including phenoxy) is 1. The minimum absolute atomic E-state index is 0.0185. The highest BCUT2D eigenvalue weighted by Crippen LogP contribution is 2.17. The van der Waals surface area contributed by atoms with E-state index in [0.29, 0.717) is 5.70 Å². The van der Waals surface area contributed by atoms with Crippen LogP contribution in [0.4, 0.5) is 0 Å². The third-order valence-corrected chi connectivity index (χ3v) is 2.28. The van der Waals surface area contributed by atoms with Crippen molar-refractivity contribution in [2.24, 2.45) is 5.73 Å². The summed E-state index contributed by atoms with van der Waals surface area (Å²) in [6, 6.07) is 0. The number of rotatable bonds is 2. The molecule has 5 heteroatoms. The Morgan fingerprint density at radius 2 is 2.12 bits per heavy atom. The van der Waals surface area contributed by atoms with Gasteiger partial charge in [-0.05, 0) is 39.8 Å². The molecular weight excluding hydrogens is 220 g/mol. The van der Waals surface area contributed by atoms with E-state index < -0.39 is 11.8 Å². The summed E-state index contributed by atoms with van der Waals surface area (Å²) in [5, 5.41) is 9.84. The van der Waals surface area contributed by atoms with Crippen LogP contribution in [0.5, 0.6) is 0 Å². The van der Waals surface area contributed by atoms with Crippen LogP contribution in [0.25, 0.3) is 0 Å². The van der Waals surface area contributed by atoms with E-state index in [1.54, 1.807) is 39.8 Å². The van der Waals surface area contributed by atoms with E-state index in [0.717, 1.165) is 5.70 Å². The first-order valence-electron chi connectivity index (χ1n) is 5.51. The minimum Gasteiger partial charge on any atom is -0.459 e. The number of nitrogens with zero attached hydrogens (tertiary/aromatic N) is 1. The van der Waals surface area contributed by atoms with Crippen molar-refractivity contribution < 1.29 is 14.6 Å². The third kappa shape index (κ3) is 3.78. The van der Waals surface area contributed by atoms with Gasteiger partial charge in [-0.3, -0.25) is 4.79 Å². The van der Waals surface area contributed by atoms with Crippen molar-refractivity contribution in [3.05, 3.63) is 23.5 Å². The average Bonchev–Trinajstić information content (AvgIpc) is 2.16. The first kappa shape index (κ1) is 13.6. The summed E-state index contributed by atoms with van der Waals surface area (Å²) in [5.41, 5.74) is 6.17. The maximum atomic E-state index is 11.7. The van der Waals surface area contributed by atoms with Crippen molar-refractivity contribution in [1.82, 2.24) is 4.90 Å². The number of carbonyl (C=O) groups is 1. The summed E-state index contributed by atoms with van der Waals surface area (Å²) < 4.78 is 5.19. The summed E-state index contributed by atoms with van der Waals surface area (Å²) in [6.45, 7) is 7.18. The fourth-order valence-electron chi connectivity index (χ4n) is 1.50. The van der Waals surface area contributed by atoms with Crippen LogP contribution in [0.1, 0.15) is 27.7 Å². The van der Waals surface area contributed by atoms with Gasteiger partial charge in [-0.1, -0.05) is 0 Å². The Bertz CT molecular complexity index is 366. The number of esters is 1. The second-order valence-electron chi connectivity index (χ2n) is 5.06. The molecule has 1 heterocycles. The molecule has 96 valence electrons. The van der Waals surface area contributed by atoms with E-state index in [4.69, 9.17) is 10.5 Å². The highest BCUT2D eigenvalue weighted by Gasteiger charge is 2.26.